The highest BCUT2D eigenvalue weighted by molar-refractivity contribution is 7.15. The van der Waals surface area contributed by atoms with Crippen LogP contribution >= 0.6 is 22.7 Å². The van der Waals surface area contributed by atoms with Gasteiger partial charge in [-0.1, -0.05) is 38.2 Å². The van der Waals surface area contributed by atoms with Gasteiger partial charge in [-0.3, -0.25) is 14.9 Å². The minimum atomic E-state index is -0.622. The van der Waals surface area contributed by atoms with Crippen molar-refractivity contribution in [3.8, 4) is 0 Å². The number of rotatable bonds is 6. The fourth-order valence-electron chi connectivity index (χ4n) is 1.79. The van der Waals surface area contributed by atoms with Crippen molar-refractivity contribution in [2.24, 2.45) is 5.92 Å². The third-order valence-electron chi connectivity index (χ3n) is 2.98. The van der Waals surface area contributed by atoms with Gasteiger partial charge >= 0.3 is 0 Å². The first kappa shape index (κ1) is 16.6. The summed E-state index contributed by atoms with van der Waals surface area (Å²) in [5.41, 5.74) is 0. The largest absolute Gasteiger partial charge is 0.339 e. The molecule has 0 fully saturated rings. The lowest BCUT2D eigenvalue weighted by molar-refractivity contribution is -0.118. The summed E-state index contributed by atoms with van der Waals surface area (Å²) >= 11 is 2.68. The zero-order valence-electron chi connectivity index (χ0n) is 12.6. The second-order valence-corrected chi connectivity index (χ2v) is 7.03. The number of carbonyl (C=O) groups excluding carboxylic acids is 2. The van der Waals surface area contributed by atoms with Gasteiger partial charge in [-0.15, -0.1) is 21.5 Å². The number of thiophene rings is 1. The molecule has 0 aromatic carbocycles. The molecule has 0 saturated heterocycles. The second kappa shape index (κ2) is 7.46. The highest BCUT2D eigenvalue weighted by atomic mass is 32.1. The Morgan fingerprint density at radius 1 is 1.32 bits per heavy atom. The summed E-state index contributed by atoms with van der Waals surface area (Å²) in [6, 6.07) is 2.91. The van der Waals surface area contributed by atoms with Gasteiger partial charge in [0, 0.05) is 0 Å². The summed E-state index contributed by atoms with van der Waals surface area (Å²) < 4.78 is 0. The smallest absolute Gasteiger partial charge is 0.262 e. The standard InChI is InChI=1S/C14H18N4O2S2/c1-4-10-17-18-14(22-10)16-13(20)11(8(2)3)15-12(19)9-6-5-7-21-9/h5-8,11H,4H2,1-3H3,(H,15,19)(H,16,18,20)/t11-/m1/s1. The topological polar surface area (TPSA) is 84.0 Å². The van der Waals surface area contributed by atoms with E-state index in [1.165, 1.54) is 22.7 Å². The molecule has 0 radical (unpaired) electrons. The van der Waals surface area contributed by atoms with Crippen molar-refractivity contribution in [2.45, 2.75) is 33.2 Å². The van der Waals surface area contributed by atoms with E-state index in [1.54, 1.807) is 12.1 Å². The molecule has 0 aliphatic heterocycles. The summed E-state index contributed by atoms with van der Waals surface area (Å²) in [5, 5.41) is 16.5. The number of hydrogen-bond donors (Lipinski definition) is 2. The zero-order valence-corrected chi connectivity index (χ0v) is 14.3. The molecule has 2 aromatic heterocycles. The fourth-order valence-corrected chi connectivity index (χ4v) is 3.09. The normalized spacial score (nSPS) is 12.2. The molecule has 2 aromatic rings. The molecule has 2 N–H and O–H groups in total. The van der Waals surface area contributed by atoms with Crippen molar-refractivity contribution >= 4 is 39.6 Å². The number of nitrogens with one attached hydrogen (secondary N) is 2. The molecule has 1 atom stereocenters. The molecule has 8 heteroatoms. The van der Waals surface area contributed by atoms with Gasteiger partial charge in [0.1, 0.15) is 11.0 Å². The van der Waals surface area contributed by atoms with Crippen LogP contribution in [0.2, 0.25) is 0 Å². The first-order valence-electron chi connectivity index (χ1n) is 6.98. The number of amides is 2. The Hall–Kier alpha value is -1.80. The SMILES string of the molecule is CCc1nnc(NC(=O)[C@H](NC(=O)c2cccs2)C(C)C)s1. The van der Waals surface area contributed by atoms with Gasteiger partial charge in [0.05, 0.1) is 4.88 Å². The number of carbonyl (C=O) groups is 2. The summed E-state index contributed by atoms with van der Waals surface area (Å²) in [7, 11) is 0. The lowest BCUT2D eigenvalue weighted by Crippen LogP contribution is -2.46. The molecule has 22 heavy (non-hydrogen) atoms. The highest BCUT2D eigenvalue weighted by Crippen LogP contribution is 2.17. The van der Waals surface area contributed by atoms with Crippen molar-refractivity contribution in [3.05, 3.63) is 27.4 Å². The lowest BCUT2D eigenvalue weighted by atomic mass is 10.0. The lowest BCUT2D eigenvalue weighted by Gasteiger charge is -2.20. The molecule has 2 heterocycles. The van der Waals surface area contributed by atoms with E-state index in [1.807, 2.05) is 26.2 Å². The fraction of sp³-hybridized carbons (Fsp3) is 0.429. The van der Waals surface area contributed by atoms with E-state index in [2.05, 4.69) is 20.8 Å². The van der Waals surface area contributed by atoms with Gasteiger partial charge in [0.25, 0.3) is 5.91 Å². The van der Waals surface area contributed by atoms with E-state index in [0.717, 1.165) is 11.4 Å². The van der Waals surface area contributed by atoms with Crippen molar-refractivity contribution in [1.82, 2.24) is 15.5 Å². The Labute approximate surface area is 137 Å². The van der Waals surface area contributed by atoms with Crippen LogP contribution in [0, 0.1) is 5.92 Å². The van der Waals surface area contributed by atoms with Gasteiger partial charge in [0.2, 0.25) is 11.0 Å². The maximum absolute atomic E-state index is 12.4. The molecule has 0 unspecified atom stereocenters. The number of aryl methyl sites for hydroxylation is 1. The first-order valence-corrected chi connectivity index (χ1v) is 8.68. The number of nitrogens with zero attached hydrogens (tertiary/aromatic N) is 2. The van der Waals surface area contributed by atoms with E-state index < -0.39 is 6.04 Å². The van der Waals surface area contributed by atoms with E-state index in [-0.39, 0.29) is 17.7 Å². The molecular formula is C14H18N4O2S2. The molecule has 6 nitrogen and oxygen atoms in total. The average Bonchev–Trinajstić information content (AvgIpc) is 3.14. The summed E-state index contributed by atoms with van der Waals surface area (Å²) in [5.74, 6) is -0.559. The van der Waals surface area contributed by atoms with Gasteiger partial charge < -0.3 is 5.32 Å². The zero-order chi connectivity index (χ0) is 16.1. The van der Waals surface area contributed by atoms with Crippen LogP contribution in [0.1, 0.15) is 35.5 Å². The van der Waals surface area contributed by atoms with Crippen LogP contribution in [0.25, 0.3) is 0 Å². The maximum Gasteiger partial charge on any atom is 0.262 e. The van der Waals surface area contributed by atoms with E-state index >= 15 is 0 Å². The maximum atomic E-state index is 12.4. The van der Waals surface area contributed by atoms with E-state index in [4.69, 9.17) is 0 Å². The van der Waals surface area contributed by atoms with Crippen LogP contribution in [-0.4, -0.2) is 28.1 Å². The van der Waals surface area contributed by atoms with E-state index in [9.17, 15) is 9.59 Å². The third kappa shape index (κ3) is 4.11. The first-order chi connectivity index (χ1) is 10.5. The molecular weight excluding hydrogens is 320 g/mol. The van der Waals surface area contributed by atoms with Crippen LogP contribution < -0.4 is 10.6 Å². The van der Waals surface area contributed by atoms with Crippen LogP contribution in [0.3, 0.4) is 0 Å². The minimum Gasteiger partial charge on any atom is -0.339 e. The predicted octanol–water partition coefficient (Wildman–Crippen LogP) is 2.56. The van der Waals surface area contributed by atoms with Crippen LogP contribution in [0.4, 0.5) is 5.13 Å². The van der Waals surface area contributed by atoms with Gasteiger partial charge in [0.15, 0.2) is 0 Å². The van der Waals surface area contributed by atoms with Crippen molar-refractivity contribution in [3.63, 3.8) is 0 Å². The number of aromatic nitrogens is 2. The Balaban J connectivity index is 2.03. The van der Waals surface area contributed by atoms with Crippen LogP contribution in [-0.2, 0) is 11.2 Å². The molecule has 0 saturated carbocycles. The third-order valence-corrected chi connectivity index (χ3v) is 4.83. The average molecular weight is 338 g/mol. The van der Waals surface area contributed by atoms with Gasteiger partial charge in [-0.2, -0.15) is 0 Å². The molecule has 0 aliphatic rings. The summed E-state index contributed by atoms with van der Waals surface area (Å²) in [6.45, 7) is 5.75. The Bertz CT molecular complexity index is 637. The molecule has 2 rings (SSSR count). The van der Waals surface area contributed by atoms with Crippen molar-refractivity contribution < 1.29 is 9.59 Å². The number of anilines is 1. The number of hydrogen-bond acceptors (Lipinski definition) is 6. The van der Waals surface area contributed by atoms with E-state index in [0.29, 0.717) is 10.0 Å². The van der Waals surface area contributed by atoms with Crippen molar-refractivity contribution in [2.75, 3.05) is 5.32 Å². The van der Waals surface area contributed by atoms with Crippen molar-refractivity contribution in [1.29, 1.82) is 0 Å². The summed E-state index contributed by atoms with van der Waals surface area (Å²) in [6.07, 6.45) is 0.774. The Morgan fingerprint density at radius 2 is 2.09 bits per heavy atom. The molecule has 0 bridgehead atoms. The summed E-state index contributed by atoms with van der Waals surface area (Å²) in [4.78, 5) is 25.1. The Kier molecular flexibility index (Phi) is 5.62. The Morgan fingerprint density at radius 3 is 2.64 bits per heavy atom. The quantitative estimate of drug-likeness (QED) is 0.848. The highest BCUT2D eigenvalue weighted by Gasteiger charge is 2.25. The predicted molar refractivity (Wildman–Crippen MR) is 88.3 cm³/mol. The molecule has 2 amide bonds. The van der Waals surface area contributed by atoms with Gasteiger partial charge in [-0.25, -0.2) is 0 Å². The van der Waals surface area contributed by atoms with Gasteiger partial charge in [-0.05, 0) is 23.8 Å². The second-order valence-electron chi connectivity index (χ2n) is 5.02. The minimum absolute atomic E-state index is 0.0394. The monoisotopic (exact) mass is 338 g/mol. The van der Waals surface area contributed by atoms with Crippen LogP contribution in [0.15, 0.2) is 17.5 Å². The molecule has 118 valence electrons. The molecule has 0 spiro atoms. The van der Waals surface area contributed by atoms with Crippen LogP contribution in [0.5, 0.6) is 0 Å². The molecule has 0 aliphatic carbocycles.